The van der Waals surface area contributed by atoms with Crippen LogP contribution in [0.3, 0.4) is 0 Å². The van der Waals surface area contributed by atoms with Gasteiger partial charge in [0.25, 0.3) is 0 Å². The zero-order chi connectivity index (χ0) is 21.5. The maximum absolute atomic E-state index is 13.0. The van der Waals surface area contributed by atoms with E-state index in [1.54, 1.807) is 9.58 Å². The molecular formula is C20H27F3N6O. The van der Waals surface area contributed by atoms with Gasteiger partial charge in [0, 0.05) is 76.1 Å². The molecule has 1 saturated carbocycles. The Morgan fingerprint density at radius 2 is 1.87 bits per heavy atom. The molecule has 0 N–H and O–H groups in total. The summed E-state index contributed by atoms with van der Waals surface area (Å²) in [5.41, 5.74) is 1.94. The molecule has 1 aliphatic heterocycles. The van der Waals surface area contributed by atoms with Gasteiger partial charge in [-0.25, -0.2) is 0 Å². The number of aryl methyl sites for hydroxylation is 3. The SMILES string of the molecule is Cc1nn(C)cc1CN1CCN(C(=O)CCn2nc(C(F)(F)F)cc2C2CC2)CC1. The first-order valence-corrected chi connectivity index (χ1v) is 10.3. The van der Waals surface area contributed by atoms with E-state index in [1.807, 2.05) is 20.2 Å². The highest BCUT2D eigenvalue weighted by Crippen LogP contribution is 2.42. The third kappa shape index (κ3) is 4.69. The van der Waals surface area contributed by atoms with E-state index in [0.717, 1.165) is 44.2 Å². The summed E-state index contributed by atoms with van der Waals surface area (Å²) in [4.78, 5) is 16.7. The first-order chi connectivity index (χ1) is 14.2. The number of halogens is 3. The molecule has 0 spiro atoms. The lowest BCUT2D eigenvalue weighted by Crippen LogP contribution is -2.48. The zero-order valence-electron chi connectivity index (χ0n) is 17.3. The smallest absolute Gasteiger partial charge is 0.340 e. The fourth-order valence-electron chi connectivity index (χ4n) is 4.02. The first kappa shape index (κ1) is 20.9. The molecule has 2 fully saturated rings. The Kier molecular flexibility index (Phi) is 5.61. The second-order valence-corrected chi connectivity index (χ2v) is 8.27. The van der Waals surface area contributed by atoms with Crippen LogP contribution >= 0.6 is 0 Å². The molecule has 2 aromatic rings. The fourth-order valence-corrected chi connectivity index (χ4v) is 4.02. The van der Waals surface area contributed by atoms with Gasteiger partial charge in [-0.1, -0.05) is 0 Å². The zero-order valence-corrected chi connectivity index (χ0v) is 17.3. The largest absolute Gasteiger partial charge is 0.435 e. The lowest BCUT2D eigenvalue weighted by atomic mass is 10.2. The molecule has 1 aliphatic carbocycles. The van der Waals surface area contributed by atoms with Crippen molar-refractivity contribution in [1.82, 2.24) is 29.4 Å². The summed E-state index contributed by atoms with van der Waals surface area (Å²) in [5.74, 6) is 0.112. The lowest BCUT2D eigenvalue weighted by Gasteiger charge is -2.34. The van der Waals surface area contributed by atoms with Crippen molar-refractivity contribution in [2.75, 3.05) is 26.2 Å². The van der Waals surface area contributed by atoms with Gasteiger partial charge in [0.15, 0.2) is 5.69 Å². The Hall–Kier alpha value is -2.36. The number of hydrogen-bond acceptors (Lipinski definition) is 4. The van der Waals surface area contributed by atoms with E-state index in [-0.39, 0.29) is 24.8 Å². The Morgan fingerprint density at radius 1 is 1.17 bits per heavy atom. The molecule has 30 heavy (non-hydrogen) atoms. The fraction of sp³-hybridized carbons (Fsp3) is 0.650. The molecule has 4 rings (SSSR count). The van der Waals surface area contributed by atoms with E-state index in [9.17, 15) is 18.0 Å². The van der Waals surface area contributed by atoms with Crippen LogP contribution in [0.25, 0.3) is 0 Å². The Morgan fingerprint density at radius 3 is 2.43 bits per heavy atom. The summed E-state index contributed by atoms with van der Waals surface area (Å²) in [6.45, 7) is 5.78. The molecule has 1 saturated heterocycles. The van der Waals surface area contributed by atoms with Gasteiger partial charge in [0.2, 0.25) is 5.91 Å². The van der Waals surface area contributed by atoms with Crippen molar-refractivity contribution >= 4 is 5.91 Å². The van der Waals surface area contributed by atoms with E-state index >= 15 is 0 Å². The number of alkyl halides is 3. The molecule has 7 nitrogen and oxygen atoms in total. The minimum absolute atomic E-state index is 0.0296. The van der Waals surface area contributed by atoms with Crippen molar-refractivity contribution in [3.05, 3.63) is 34.9 Å². The van der Waals surface area contributed by atoms with Gasteiger partial charge < -0.3 is 4.90 Å². The van der Waals surface area contributed by atoms with Crippen molar-refractivity contribution in [1.29, 1.82) is 0 Å². The molecule has 0 unspecified atom stereocenters. The number of aromatic nitrogens is 4. The third-order valence-corrected chi connectivity index (χ3v) is 5.87. The predicted molar refractivity (Wildman–Crippen MR) is 104 cm³/mol. The Labute approximate surface area is 173 Å². The third-order valence-electron chi connectivity index (χ3n) is 5.87. The minimum Gasteiger partial charge on any atom is -0.340 e. The van der Waals surface area contributed by atoms with E-state index in [1.165, 1.54) is 10.2 Å². The summed E-state index contributed by atoms with van der Waals surface area (Å²) in [6.07, 6.45) is -0.503. The average molecular weight is 424 g/mol. The van der Waals surface area contributed by atoms with Gasteiger partial charge in [-0.05, 0) is 25.8 Å². The maximum atomic E-state index is 13.0. The van der Waals surface area contributed by atoms with Crippen molar-refractivity contribution in [3.63, 3.8) is 0 Å². The van der Waals surface area contributed by atoms with Crippen LogP contribution in [0.5, 0.6) is 0 Å². The minimum atomic E-state index is -4.46. The number of rotatable bonds is 6. The number of amides is 1. The van der Waals surface area contributed by atoms with E-state index < -0.39 is 11.9 Å². The number of nitrogens with zero attached hydrogens (tertiary/aromatic N) is 6. The van der Waals surface area contributed by atoms with Crippen molar-refractivity contribution in [2.45, 2.75) is 51.4 Å². The summed E-state index contributed by atoms with van der Waals surface area (Å²) in [5, 5.41) is 8.09. The standard InChI is InChI=1S/C20H27F3N6O/c1-14-16(12-26(2)24-14)13-27-7-9-28(10-8-27)19(30)5-6-29-17(15-3-4-15)11-18(25-29)20(21,22)23/h11-12,15H,3-10,13H2,1-2H3. The van der Waals surface area contributed by atoms with Gasteiger partial charge in [-0.15, -0.1) is 0 Å². The summed E-state index contributed by atoms with van der Waals surface area (Å²) < 4.78 is 42.2. The van der Waals surface area contributed by atoms with E-state index in [0.29, 0.717) is 18.8 Å². The molecule has 0 bridgehead atoms. The number of carbonyl (C=O) groups is 1. The van der Waals surface area contributed by atoms with E-state index in [2.05, 4.69) is 15.1 Å². The maximum Gasteiger partial charge on any atom is 0.435 e. The van der Waals surface area contributed by atoms with Gasteiger partial charge in [-0.2, -0.15) is 23.4 Å². The second-order valence-electron chi connectivity index (χ2n) is 8.27. The van der Waals surface area contributed by atoms with Crippen LogP contribution in [0.1, 0.15) is 47.8 Å². The van der Waals surface area contributed by atoms with Gasteiger partial charge in [0.05, 0.1) is 5.69 Å². The topological polar surface area (TPSA) is 59.2 Å². The molecule has 1 amide bonds. The molecule has 10 heteroatoms. The highest BCUT2D eigenvalue weighted by molar-refractivity contribution is 5.76. The molecule has 0 aromatic carbocycles. The molecule has 0 radical (unpaired) electrons. The molecular weight excluding hydrogens is 397 g/mol. The van der Waals surface area contributed by atoms with E-state index in [4.69, 9.17) is 0 Å². The first-order valence-electron chi connectivity index (χ1n) is 10.3. The monoisotopic (exact) mass is 424 g/mol. The number of carbonyl (C=O) groups excluding carboxylic acids is 1. The highest BCUT2D eigenvalue weighted by atomic mass is 19.4. The van der Waals surface area contributed by atoms with Crippen LogP contribution < -0.4 is 0 Å². The molecule has 3 heterocycles. The number of hydrogen-bond donors (Lipinski definition) is 0. The van der Waals surface area contributed by atoms with Crippen LogP contribution in [-0.4, -0.2) is 61.4 Å². The summed E-state index contributed by atoms with van der Waals surface area (Å²) in [6, 6.07) is 1.14. The molecule has 2 aromatic heterocycles. The molecule has 2 aliphatic rings. The molecule has 164 valence electrons. The lowest BCUT2D eigenvalue weighted by molar-refractivity contribution is -0.141. The number of piperazine rings is 1. The Bertz CT molecular complexity index is 906. The summed E-state index contributed by atoms with van der Waals surface area (Å²) >= 11 is 0. The second kappa shape index (κ2) is 8.05. The van der Waals surface area contributed by atoms with Gasteiger partial charge in [-0.3, -0.25) is 19.1 Å². The van der Waals surface area contributed by atoms with Crippen molar-refractivity contribution < 1.29 is 18.0 Å². The van der Waals surface area contributed by atoms with Crippen molar-refractivity contribution in [3.8, 4) is 0 Å². The highest BCUT2D eigenvalue weighted by Gasteiger charge is 2.37. The normalized spacial score (nSPS) is 18.2. The van der Waals surface area contributed by atoms with Crippen molar-refractivity contribution in [2.24, 2.45) is 7.05 Å². The molecule has 0 atom stereocenters. The predicted octanol–water partition coefficient (Wildman–Crippen LogP) is 2.56. The van der Waals surface area contributed by atoms with Crippen LogP contribution in [-0.2, 0) is 31.1 Å². The summed E-state index contributed by atoms with van der Waals surface area (Å²) in [7, 11) is 1.90. The van der Waals surface area contributed by atoms with Crippen LogP contribution in [0, 0.1) is 6.92 Å². The van der Waals surface area contributed by atoms with Gasteiger partial charge >= 0.3 is 6.18 Å². The average Bonchev–Trinajstić information content (AvgIpc) is 3.35. The Balaban J connectivity index is 1.29. The quantitative estimate of drug-likeness (QED) is 0.715. The van der Waals surface area contributed by atoms with Crippen LogP contribution in [0.4, 0.5) is 13.2 Å². The van der Waals surface area contributed by atoms with Crippen LogP contribution in [0.15, 0.2) is 12.3 Å². The van der Waals surface area contributed by atoms with Crippen LogP contribution in [0.2, 0.25) is 0 Å². The van der Waals surface area contributed by atoms with Gasteiger partial charge in [0.1, 0.15) is 0 Å².